The number of esters is 1. The Balaban J connectivity index is 2.18. The minimum Gasteiger partial charge on any atom is -0.502 e. The summed E-state index contributed by atoms with van der Waals surface area (Å²) in [6.45, 7) is 1.64. The lowest BCUT2D eigenvalue weighted by atomic mass is 10.3. The second kappa shape index (κ2) is 4.37. The van der Waals surface area contributed by atoms with Gasteiger partial charge in [-0.2, -0.15) is 0 Å². The van der Waals surface area contributed by atoms with Crippen LogP contribution in [0.25, 0.3) is 0 Å². The average molecular weight is 236 g/mol. The zero-order valence-corrected chi connectivity index (χ0v) is 9.47. The number of para-hydroxylation sites is 1. The molecule has 0 aliphatic carbocycles. The van der Waals surface area contributed by atoms with Crippen molar-refractivity contribution in [3.8, 4) is 17.2 Å². The number of methoxy groups -OCH3 is 1. The van der Waals surface area contributed by atoms with Crippen LogP contribution < -0.4 is 9.47 Å². The predicted molar refractivity (Wildman–Crippen MR) is 58.9 cm³/mol. The fourth-order valence-electron chi connectivity index (χ4n) is 1.45. The summed E-state index contributed by atoms with van der Waals surface area (Å²) < 4.78 is 15.2. The molecule has 90 valence electrons. The van der Waals surface area contributed by atoms with E-state index in [4.69, 9.17) is 14.2 Å². The van der Waals surface area contributed by atoms with Crippen molar-refractivity contribution in [1.82, 2.24) is 0 Å². The lowest BCUT2D eigenvalue weighted by Gasteiger charge is -2.13. The molecule has 1 heterocycles. The molecule has 2 rings (SSSR count). The maximum Gasteiger partial charge on any atom is 0.336 e. The van der Waals surface area contributed by atoms with E-state index in [1.54, 1.807) is 31.2 Å². The molecule has 5 nitrogen and oxygen atoms in total. The van der Waals surface area contributed by atoms with Gasteiger partial charge in [-0.1, -0.05) is 6.07 Å². The Kier molecular flexibility index (Phi) is 2.91. The van der Waals surface area contributed by atoms with Crippen molar-refractivity contribution in [2.75, 3.05) is 7.11 Å². The topological polar surface area (TPSA) is 65.0 Å². The van der Waals surface area contributed by atoms with E-state index in [0.717, 1.165) is 0 Å². The summed E-state index contributed by atoms with van der Waals surface area (Å²) in [5, 5.41) is 9.77. The second-order valence-electron chi connectivity index (χ2n) is 3.55. The van der Waals surface area contributed by atoms with Gasteiger partial charge in [0, 0.05) is 11.6 Å². The van der Waals surface area contributed by atoms with Crippen LogP contribution in [-0.4, -0.2) is 24.5 Å². The lowest BCUT2D eigenvalue weighted by Crippen LogP contribution is -2.15. The largest absolute Gasteiger partial charge is 0.502 e. The van der Waals surface area contributed by atoms with Crippen molar-refractivity contribution in [1.29, 1.82) is 0 Å². The first-order valence-electron chi connectivity index (χ1n) is 5.04. The number of carbonyl (C=O) groups excluding carboxylic acids is 1. The lowest BCUT2D eigenvalue weighted by molar-refractivity contribution is -0.148. The summed E-state index contributed by atoms with van der Waals surface area (Å²) in [5.74, 6) is -0.0398. The van der Waals surface area contributed by atoms with Gasteiger partial charge in [-0.15, -0.1) is 0 Å². The Morgan fingerprint density at radius 2 is 2.06 bits per heavy atom. The number of cyclic esters (lactones) is 1. The third-order valence-corrected chi connectivity index (χ3v) is 2.36. The third kappa shape index (κ3) is 2.18. The molecular weight excluding hydrogens is 224 g/mol. The zero-order chi connectivity index (χ0) is 12.4. The van der Waals surface area contributed by atoms with E-state index in [1.807, 2.05) is 0 Å². The maximum atomic E-state index is 11.1. The Morgan fingerprint density at radius 1 is 1.35 bits per heavy atom. The Labute approximate surface area is 98.2 Å². The standard InChI is InChI=1S/C12H12O5/c1-7-6-10(17-12(7)14)16-9-5-3-4-8(15-2)11(9)13/h3-6,10,13H,1-2H3. The zero-order valence-electron chi connectivity index (χ0n) is 9.47. The third-order valence-electron chi connectivity index (χ3n) is 2.36. The van der Waals surface area contributed by atoms with Crippen LogP contribution >= 0.6 is 0 Å². The van der Waals surface area contributed by atoms with Gasteiger partial charge < -0.3 is 19.3 Å². The summed E-state index contributed by atoms with van der Waals surface area (Å²) in [5.41, 5.74) is 0.484. The number of carbonyl (C=O) groups is 1. The molecule has 0 aromatic heterocycles. The quantitative estimate of drug-likeness (QED) is 0.807. The number of ether oxygens (including phenoxy) is 3. The van der Waals surface area contributed by atoms with E-state index < -0.39 is 12.3 Å². The van der Waals surface area contributed by atoms with Crippen molar-refractivity contribution in [2.45, 2.75) is 13.2 Å². The van der Waals surface area contributed by atoms with Gasteiger partial charge in [0.25, 0.3) is 6.29 Å². The predicted octanol–water partition coefficient (Wildman–Crippen LogP) is 1.61. The molecule has 1 aliphatic heterocycles. The molecule has 1 aromatic rings. The van der Waals surface area contributed by atoms with E-state index >= 15 is 0 Å². The van der Waals surface area contributed by atoms with E-state index in [9.17, 15) is 9.90 Å². The molecule has 5 heteroatoms. The number of benzene rings is 1. The van der Waals surface area contributed by atoms with Crippen molar-refractivity contribution in [2.24, 2.45) is 0 Å². The molecule has 17 heavy (non-hydrogen) atoms. The number of phenols is 1. The second-order valence-corrected chi connectivity index (χ2v) is 3.55. The smallest absolute Gasteiger partial charge is 0.336 e. The molecule has 1 N–H and O–H groups in total. The number of phenolic OH excluding ortho intramolecular Hbond substituents is 1. The highest BCUT2D eigenvalue weighted by Gasteiger charge is 2.24. The number of aromatic hydroxyl groups is 1. The van der Waals surface area contributed by atoms with Crippen LogP contribution in [0.15, 0.2) is 29.8 Å². The van der Waals surface area contributed by atoms with E-state index in [2.05, 4.69) is 0 Å². The number of hydrogen-bond donors (Lipinski definition) is 1. The van der Waals surface area contributed by atoms with Crippen LogP contribution in [0.2, 0.25) is 0 Å². The van der Waals surface area contributed by atoms with Gasteiger partial charge in [0.05, 0.1) is 7.11 Å². The van der Waals surface area contributed by atoms with Crippen molar-refractivity contribution in [3.63, 3.8) is 0 Å². The maximum absolute atomic E-state index is 11.1. The highest BCUT2D eigenvalue weighted by molar-refractivity contribution is 5.90. The van der Waals surface area contributed by atoms with Gasteiger partial charge in [-0.05, 0) is 19.1 Å². The molecule has 0 saturated heterocycles. The molecule has 0 fully saturated rings. The summed E-state index contributed by atoms with van der Waals surface area (Å²) in [4.78, 5) is 11.1. The van der Waals surface area contributed by atoms with Crippen LogP contribution in [0.1, 0.15) is 6.92 Å². The summed E-state index contributed by atoms with van der Waals surface area (Å²) >= 11 is 0. The van der Waals surface area contributed by atoms with Gasteiger partial charge in [-0.25, -0.2) is 4.79 Å². The van der Waals surface area contributed by atoms with Gasteiger partial charge in [0.1, 0.15) is 0 Å². The minimum atomic E-state index is -0.805. The van der Waals surface area contributed by atoms with E-state index in [1.165, 1.54) is 7.11 Å². The number of hydrogen-bond acceptors (Lipinski definition) is 5. The minimum absolute atomic E-state index is 0.121. The molecule has 0 spiro atoms. The highest BCUT2D eigenvalue weighted by atomic mass is 16.7. The first kappa shape index (κ1) is 11.3. The average Bonchev–Trinajstić information content (AvgIpc) is 2.61. The van der Waals surface area contributed by atoms with Gasteiger partial charge in [0.15, 0.2) is 11.5 Å². The normalized spacial score (nSPS) is 18.6. The van der Waals surface area contributed by atoms with E-state index in [0.29, 0.717) is 11.3 Å². The first-order chi connectivity index (χ1) is 8.11. The summed E-state index contributed by atoms with van der Waals surface area (Å²) in [6, 6.07) is 4.83. The molecule has 1 aromatic carbocycles. The molecule has 0 amide bonds. The molecular formula is C12H12O5. The fraction of sp³-hybridized carbons (Fsp3) is 0.250. The van der Waals surface area contributed by atoms with Crippen LogP contribution in [0.5, 0.6) is 17.2 Å². The van der Waals surface area contributed by atoms with Crippen molar-refractivity contribution < 1.29 is 24.1 Å². The Hall–Kier alpha value is -2.17. The highest BCUT2D eigenvalue weighted by Crippen LogP contribution is 2.36. The molecule has 1 aliphatic rings. The fourth-order valence-corrected chi connectivity index (χ4v) is 1.45. The summed E-state index contributed by atoms with van der Waals surface area (Å²) in [7, 11) is 1.44. The van der Waals surface area contributed by atoms with Crippen LogP contribution in [0.3, 0.4) is 0 Å². The monoisotopic (exact) mass is 236 g/mol. The molecule has 1 unspecified atom stereocenters. The first-order valence-corrected chi connectivity index (χ1v) is 5.04. The van der Waals surface area contributed by atoms with Crippen LogP contribution in [0, 0.1) is 0 Å². The van der Waals surface area contributed by atoms with Gasteiger partial charge >= 0.3 is 5.97 Å². The Morgan fingerprint density at radius 3 is 2.65 bits per heavy atom. The van der Waals surface area contributed by atoms with Gasteiger partial charge in [-0.3, -0.25) is 0 Å². The SMILES string of the molecule is COc1cccc(OC2C=C(C)C(=O)O2)c1O. The van der Waals surface area contributed by atoms with E-state index in [-0.39, 0.29) is 11.5 Å². The van der Waals surface area contributed by atoms with Gasteiger partial charge in [0.2, 0.25) is 5.75 Å². The van der Waals surface area contributed by atoms with Crippen LogP contribution in [-0.2, 0) is 9.53 Å². The molecule has 0 radical (unpaired) electrons. The van der Waals surface area contributed by atoms with Crippen molar-refractivity contribution in [3.05, 3.63) is 29.8 Å². The van der Waals surface area contributed by atoms with Crippen LogP contribution in [0.4, 0.5) is 0 Å². The van der Waals surface area contributed by atoms with Crippen molar-refractivity contribution >= 4 is 5.97 Å². The molecule has 1 atom stereocenters. The Bertz CT molecular complexity index is 478. The molecule has 0 bridgehead atoms. The number of rotatable bonds is 3. The molecule has 0 saturated carbocycles. The summed E-state index contributed by atoms with van der Waals surface area (Å²) in [6.07, 6.45) is 0.738.